The number of rotatable bonds is 5. The zero-order valence-corrected chi connectivity index (χ0v) is 12.0. The van der Waals surface area contributed by atoms with Gasteiger partial charge in [0.2, 0.25) is 10.0 Å². The number of nitrogen functional groups attached to an aromatic ring is 1. The Balaban J connectivity index is 2.18. The SMILES string of the molecule is COc1ccc(S(=O)(=O)NCc2ccn(C)n2)c(N)c1. The molecule has 108 valence electrons. The van der Waals surface area contributed by atoms with E-state index in [1.54, 1.807) is 30.1 Å². The first-order chi connectivity index (χ1) is 9.42. The molecule has 0 bridgehead atoms. The van der Waals surface area contributed by atoms with Crippen LogP contribution in [0.15, 0.2) is 35.4 Å². The summed E-state index contributed by atoms with van der Waals surface area (Å²) in [6.07, 6.45) is 1.74. The number of benzene rings is 1. The lowest BCUT2D eigenvalue weighted by atomic mass is 10.3. The molecule has 1 aromatic heterocycles. The van der Waals surface area contributed by atoms with Gasteiger partial charge >= 0.3 is 0 Å². The molecule has 0 aliphatic heterocycles. The average Bonchev–Trinajstić information content (AvgIpc) is 2.82. The number of nitrogens with one attached hydrogen (secondary N) is 1. The molecule has 0 saturated heterocycles. The predicted molar refractivity (Wildman–Crippen MR) is 74.6 cm³/mol. The van der Waals surface area contributed by atoms with Gasteiger partial charge in [-0.3, -0.25) is 4.68 Å². The van der Waals surface area contributed by atoms with Crippen molar-refractivity contribution in [1.82, 2.24) is 14.5 Å². The third kappa shape index (κ3) is 3.09. The van der Waals surface area contributed by atoms with E-state index in [1.165, 1.54) is 19.2 Å². The molecule has 0 unspecified atom stereocenters. The number of nitrogens with zero attached hydrogens (tertiary/aromatic N) is 2. The smallest absolute Gasteiger partial charge is 0.242 e. The van der Waals surface area contributed by atoms with Crippen LogP contribution >= 0.6 is 0 Å². The summed E-state index contributed by atoms with van der Waals surface area (Å²) >= 11 is 0. The molecule has 0 aliphatic carbocycles. The number of ether oxygens (including phenoxy) is 1. The molecule has 2 aromatic rings. The Bertz CT molecular complexity index is 709. The third-order valence-electron chi connectivity index (χ3n) is 2.72. The summed E-state index contributed by atoms with van der Waals surface area (Å²) in [4.78, 5) is 0.0224. The van der Waals surface area contributed by atoms with Crippen LogP contribution < -0.4 is 15.2 Å². The lowest BCUT2D eigenvalue weighted by molar-refractivity contribution is 0.414. The van der Waals surface area contributed by atoms with Crippen molar-refractivity contribution in [2.75, 3.05) is 12.8 Å². The number of sulfonamides is 1. The van der Waals surface area contributed by atoms with Crippen molar-refractivity contribution in [2.24, 2.45) is 7.05 Å². The summed E-state index contributed by atoms with van der Waals surface area (Å²) in [7, 11) is -0.433. The molecule has 0 amide bonds. The highest BCUT2D eigenvalue weighted by Gasteiger charge is 2.18. The van der Waals surface area contributed by atoms with Crippen LogP contribution in [0.25, 0.3) is 0 Å². The molecule has 20 heavy (non-hydrogen) atoms. The van der Waals surface area contributed by atoms with Gasteiger partial charge < -0.3 is 10.5 Å². The largest absolute Gasteiger partial charge is 0.497 e. The summed E-state index contributed by atoms with van der Waals surface area (Å²) in [5.41, 5.74) is 6.50. The lowest BCUT2D eigenvalue weighted by Gasteiger charge is -2.09. The molecular formula is C12H16N4O3S. The summed E-state index contributed by atoms with van der Waals surface area (Å²) in [6.45, 7) is 0.106. The maximum Gasteiger partial charge on any atom is 0.242 e. The molecule has 7 nitrogen and oxygen atoms in total. The van der Waals surface area contributed by atoms with E-state index >= 15 is 0 Å². The zero-order chi connectivity index (χ0) is 14.8. The lowest BCUT2D eigenvalue weighted by Crippen LogP contribution is -2.24. The second-order valence-electron chi connectivity index (χ2n) is 4.21. The van der Waals surface area contributed by atoms with Crippen LogP contribution in [0.1, 0.15) is 5.69 Å². The molecule has 0 fully saturated rings. The molecule has 0 saturated carbocycles. The van der Waals surface area contributed by atoms with E-state index < -0.39 is 10.0 Å². The molecule has 8 heteroatoms. The van der Waals surface area contributed by atoms with Crippen molar-refractivity contribution in [3.05, 3.63) is 36.2 Å². The Morgan fingerprint density at radius 1 is 1.40 bits per heavy atom. The van der Waals surface area contributed by atoms with E-state index in [9.17, 15) is 8.42 Å². The van der Waals surface area contributed by atoms with Gasteiger partial charge in [0.25, 0.3) is 0 Å². The molecule has 2 rings (SSSR count). The number of aryl methyl sites for hydroxylation is 1. The molecule has 0 spiro atoms. The van der Waals surface area contributed by atoms with Crippen LogP contribution in [0.3, 0.4) is 0 Å². The first kappa shape index (κ1) is 14.4. The molecule has 3 N–H and O–H groups in total. The van der Waals surface area contributed by atoms with Gasteiger partial charge in [-0.1, -0.05) is 0 Å². The van der Waals surface area contributed by atoms with E-state index in [0.29, 0.717) is 11.4 Å². The summed E-state index contributed by atoms with van der Waals surface area (Å²) in [5, 5.41) is 4.10. The molecule has 0 atom stereocenters. The maximum atomic E-state index is 12.2. The average molecular weight is 296 g/mol. The van der Waals surface area contributed by atoms with Gasteiger partial charge in [-0.25, -0.2) is 13.1 Å². The van der Waals surface area contributed by atoms with Gasteiger partial charge in [0, 0.05) is 19.3 Å². The van der Waals surface area contributed by atoms with E-state index in [2.05, 4.69) is 9.82 Å². The Morgan fingerprint density at radius 3 is 2.70 bits per heavy atom. The fourth-order valence-corrected chi connectivity index (χ4v) is 2.81. The van der Waals surface area contributed by atoms with Crippen molar-refractivity contribution in [1.29, 1.82) is 0 Å². The van der Waals surface area contributed by atoms with E-state index in [1.807, 2.05) is 0 Å². The van der Waals surface area contributed by atoms with Gasteiger partial charge in [-0.05, 0) is 18.2 Å². The highest BCUT2D eigenvalue weighted by atomic mass is 32.2. The first-order valence-electron chi connectivity index (χ1n) is 5.84. The number of methoxy groups -OCH3 is 1. The first-order valence-corrected chi connectivity index (χ1v) is 7.32. The maximum absolute atomic E-state index is 12.2. The van der Waals surface area contributed by atoms with Crippen LogP contribution in [0.2, 0.25) is 0 Å². The summed E-state index contributed by atoms with van der Waals surface area (Å²) < 4.78 is 33.4. The van der Waals surface area contributed by atoms with Gasteiger partial charge in [-0.2, -0.15) is 5.10 Å². The van der Waals surface area contributed by atoms with Crippen molar-refractivity contribution in [3.63, 3.8) is 0 Å². The van der Waals surface area contributed by atoms with Gasteiger partial charge in [0.05, 0.1) is 25.0 Å². The van der Waals surface area contributed by atoms with Crippen LogP contribution in [-0.4, -0.2) is 25.3 Å². The highest BCUT2D eigenvalue weighted by Crippen LogP contribution is 2.23. The number of nitrogens with two attached hydrogens (primary N) is 1. The van der Waals surface area contributed by atoms with Gasteiger partial charge in [0.1, 0.15) is 10.6 Å². The van der Waals surface area contributed by atoms with Crippen molar-refractivity contribution in [3.8, 4) is 5.75 Å². The molecule has 0 aliphatic rings. The third-order valence-corrected chi connectivity index (χ3v) is 4.19. The Morgan fingerprint density at radius 2 is 2.15 bits per heavy atom. The van der Waals surface area contributed by atoms with Crippen LogP contribution in [-0.2, 0) is 23.6 Å². The van der Waals surface area contributed by atoms with Crippen molar-refractivity contribution >= 4 is 15.7 Å². The predicted octanol–water partition coefficient (Wildman–Crippen LogP) is 0.489. The fraction of sp³-hybridized carbons (Fsp3) is 0.250. The fourth-order valence-electron chi connectivity index (χ4n) is 1.70. The Kier molecular flexibility index (Phi) is 3.96. The number of aromatic nitrogens is 2. The topological polar surface area (TPSA) is 99.2 Å². The highest BCUT2D eigenvalue weighted by molar-refractivity contribution is 7.89. The van der Waals surface area contributed by atoms with Crippen molar-refractivity contribution < 1.29 is 13.2 Å². The number of hydrogen-bond donors (Lipinski definition) is 2. The van der Waals surface area contributed by atoms with Crippen LogP contribution in [0, 0.1) is 0 Å². The molecule has 1 heterocycles. The minimum Gasteiger partial charge on any atom is -0.497 e. The monoisotopic (exact) mass is 296 g/mol. The normalized spacial score (nSPS) is 11.5. The van der Waals surface area contributed by atoms with Gasteiger partial charge in [-0.15, -0.1) is 0 Å². The van der Waals surface area contributed by atoms with E-state index in [4.69, 9.17) is 10.5 Å². The minimum absolute atomic E-state index is 0.0224. The van der Waals surface area contributed by atoms with E-state index in [-0.39, 0.29) is 17.1 Å². The minimum atomic E-state index is -3.68. The quantitative estimate of drug-likeness (QED) is 0.782. The van der Waals surface area contributed by atoms with Crippen LogP contribution in [0.5, 0.6) is 5.75 Å². The summed E-state index contributed by atoms with van der Waals surface area (Å²) in [6, 6.07) is 6.16. The Hall–Kier alpha value is -2.06. The molecular weight excluding hydrogens is 280 g/mol. The second kappa shape index (κ2) is 5.51. The summed E-state index contributed by atoms with van der Waals surface area (Å²) in [5.74, 6) is 0.506. The zero-order valence-electron chi connectivity index (χ0n) is 11.2. The number of anilines is 1. The number of hydrogen-bond acceptors (Lipinski definition) is 5. The molecule has 1 aromatic carbocycles. The van der Waals surface area contributed by atoms with Gasteiger partial charge in [0.15, 0.2) is 0 Å². The van der Waals surface area contributed by atoms with Crippen LogP contribution in [0.4, 0.5) is 5.69 Å². The Labute approximate surface area is 117 Å². The molecule has 0 radical (unpaired) electrons. The van der Waals surface area contributed by atoms with Crippen molar-refractivity contribution in [2.45, 2.75) is 11.4 Å². The van der Waals surface area contributed by atoms with E-state index in [0.717, 1.165) is 0 Å². The second-order valence-corrected chi connectivity index (χ2v) is 5.94. The standard InChI is InChI=1S/C12H16N4O3S/c1-16-6-5-9(15-16)8-14-20(17,18)12-4-3-10(19-2)7-11(12)13/h3-7,14H,8,13H2,1-2H3.